The van der Waals surface area contributed by atoms with Gasteiger partial charge in [0.1, 0.15) is 11.1 Å². The van der Waals surface area contributed by atoms with Gasteiger partial charge in [0.15, 0.2) is 0 Å². The molecule has 3 N–H and O–H groups in total. The maximum atomic E-state index is 13.6. The summed E-state index contributed by atoms with van der Waals surface area (Å²) in [7, 11) is 0. The fraction of sp³-hybridized carbons (Fsp3) is 0.455. The molecule has 10 heteroatoms. The second-order valence-corrected chi connectivity index (χ2v) is 12.6. The van der Waals surface area contributed by atoms with Crippen molar-refractivity contribution in [3.05, 3.63) is 87.4 Å². The van der Waals surface area contributed by atoms with E-state index in [4.69, 9.17) is 4.84 Å². The number of hydrogen-bond acceptors (Lipinski definition) is 8. The topological polar surface area (TPSA) is 116 Å². The average Bonchev–Trinajstić information content (AvgIpc) is 3.78. The van der Waals surface area contributed by atoms with E-state index < -0.39 is 12.1 Å². The van der Waals surface area contributed by atoms with E-state index in [0.29, 0.717) is 36.6 Å². The third-order valence-corrected chi connectivity index (χ3v) is 9.10. The Morgan fingerprint density at radius 3 is 2.65 bits per heavy atom. The van der Waals surface area contributed by atoms with E-state index in [0.717, 1.165) is 41.2 Å². The molecule has 0 radical (unpaired) electrons. The van der Waals surface area contributed by atoms with Crippen LogP contribution in [0.15, 0.2) is 65.1 Å². The lowest BCUT2D eigenvalue weighted by Gasteiger charge is -2.26. The van der Waals surface area contributed by atoms with E-state index in [1.165, 1.54) is 0 Å². The van der Waals surface area contributed by atoms with Crippen LogP contribution in [0.5, 0.6) is 0 Å². The summed E-state index contributed by atoms with van der Waals surface area (Å²) < 4.78 is 0. The summed E-state index contributed by atoms with van der Waals surface area (Å²) in [6.07, 6.45) is 2.10. The van der Waals surface area contributed by atoms with Gasteiger partial charge in [-0.3, -0.25) is 9.59 Å². The van der Waals surface area contributed by atoms with Crippen molar-refractivity contribution in [2.24, 2.45) is 11.1 Å². The van der Waals surface area contributed by atoms with Crippen LogP contribution in [0.3, 0.4) is 0 Å². The van der Waals surface area contributed by atoms with Crippen LogP contribution < -0.4 is 10.6 Å². The van der Waals surface area contributed by atoms with Crippen molar-refractivity contribution in [3.63, 3.8) is 0 Å². The van der Waals surface area contributed by atoms with Crippen LogP contribution in [0.25, 0.3) is 0 Å². The van der Waals surface area contributed by atoms with E-state index in [2.05, 4.69) is 34.6 Å². The zero-order valence-electron chi connectivity index (χ0n) is 25.0. The molecule has 0 aliphatic carbocycles. The van der Waals surface area contributed by atoms with Crippen LogP contribution in [0.2, 0.25) is 0 Å². The summed E-state index contributed by atoms with van der Waals surface area (Å²) in [5.74, 6) is -0.0973. The first-order valence-corrected chi connectivity index (χ1v) is 16.0. The Labute approximate surface area is 257 Å². The highest BCUT2D eigenvalue weighted by atomic mass is 32.1. The molecule has 9 nitrogen and oxygen atoms in total. The van der Waals surface area contributed by atoms with E-state index >= 15 is 0 Å². The lowest BCUT2D eigenvalue weighted by atomic mass is 10.00. The number of nitrogens with one attached hydrogen (secondary N) is 2. The van der Waals surface area contributed by atoms with Crippen LogP contribution in [0.4, 0.5) is 0 Å². The number of amides is 2. The highest BCUT2D eigenvalue weighted by Gasteiger charge is 2.33. The highest BCUT2D eigenvalue weighted by molar-refractivity contribution is 7.09. The van der Waals surface area contributed by atoms with Crippen molar-refractivity contribution < 1.29 is 19.5 Å². The first-order chi connectivity index (χ1) is 20.8. The van der Waals surface area contributed by atoms with Gasteiger partial charge < -0.3 is 25.5 Å². The normalized spacial score (nSPS) is 19.7. The molecule has 1 unspecified atom stereocenters. The van der Waals surface area contributed by atoms with E-state index in [9.17, 15) is 14.7 Å². The number of thiazole rings is 1. The highest BCUT2D eigenvalue weighted by Crippen LogP contribution is 2.34. The van der Waals surface area contributed by atoms with Gasteiger partial charge in [-0.1, -0.05) is 55.4 Å². The Balaban J connectivity index is 1.24. The quantitative estimate of drug-likeness (QED) is 0.280. The standard InChI is InChI=1S/C33H41N5O4S/c1-21(2)27-17-26(42-37-27)18-34-19-30(39)28(15-23-9-5-4-6-10-23)36-31(40)24-11-7-12-25(16-24)33(41)38-14-8-13-29(38)32-35-22(3)20-43-32/h4-7,9-12,16,20-21,26,28-30,34,39H,8,13-15,17-19H2,1-3H3,(H,36,40)/t26?,28-,29+,30+/m0/s1. The number of aryl methyl sites for hydroxylation is 1. The lowest BCUT2D eigenvalue weighted by Crippen LogP contribution is -2.49. The predicted octanol–water partition coefficient (Wildman–Crippen LogP) is 4.52. The Hall–Kier alpha value is -3.60. The molecule has 4 atom stereocenters. The minimum absolute atomic E-state index is 0.0419. The molecule has 0 spiro atoms. The Bertz CT molecular complexity index is 1430. The molecule has 0 saturated carbocycles. The fourth-order valence-electron chi connectivity index (χ4n) is 5.59. The summed E-state index contributed by atoms with van der Waals surface area (Å²) >= 11 is 1.58. The molecule has 3 aromatic rings. The van der Waals surface area contributed by atoms with Gasteiger partial charge in [0.05, 0.1) is 23.9 Å². The number of hydrogen-bond donors (Lipinski definition) is 3. The van der Waals surface area contributed by atoms with Crippen molar-refractivity contribution in [3.8, 4) is 0 Å². The molecule has 5 rings (SSSR count). The summed E-state index contributed by atoms with van der Waals surface area (Å²) in [6, 6.07) is 16.0. The number of carbonyl (C=O) groups excluding carboxylic acids is 2. The average molecular weight is 604 g/mol. The van der Waals surface area contributed by atoms with Gasteiger partial charge in [-0.2, -0.15) is 0 Å². The van der Waals surface area contributed by atoms with Crippen molar-refractivity contribution in [1.29, 1.82) is 0 Å². The molecule has 3 heterocycles. The Morgan fingerprint density at radius 1 is 1.14 bits per heavy atom. The molecule has 2 aromatic carbocycles. The van der Waals surface area contributed by atoms with Crippen LogP contribution in [0, 0.1) is 12.8 Å². The van der Waals surface area contributed by atoms with Gasteiger partial charge in [-0.05, 0) is 55.9 Å². The number of rotatable bonds is 12. The molecule has 228 valence electrons. The maximum Gasteiger partial charge on any atom is 0.254 e. The molecule has 43 heavy (non-hydrogen) atoms. The second kappa shape index (κ2) is 14.2. The van der Waals surface area contributed by atoms with Gasteiger partial charge in [-0.15, -0.1) is 11.3 Å². The van der Waals surface area contributed by atoms with Gasteiger partial charge in [0.25, 0.3) is 11.8 Å². The third-order valence-electron chi connectivity index (χ3n) is 8.03. The van der Waals surface area contributed by atoms with Crippen LogP contribution in [-0.4, -0.2) is 70.4 Å². The SMILES string of the molecule is Cc1csc([C@H]2CCCN2C(=O)c2cccc(C(=O)N[C@@H](Cc3ccccc3)[C@H](O)CNCC3CC(C(C)C)=NO3)c2)n1. The van der Waals surface area contributed by atoms with Crippen LogP contribution >= 0.6 is 11.3 Å². The van der Waals surface area contributed by atoms with E-state index in [-0.39, 0.29) is 30.5 Å². The number of aliphatic hydroxyl groups is 1. The van der Waals surface area contributed by atoms with E-state index in [1.54, 1.807) is 35.6 Å². The fourth-order valence-corrected chi connectivity index (χ4v) is 6.53. The number of carbonyl (C=O) groups is 2. The van der Waals surface area contributed by atoms with Crippen molar-refractivity contribution in [1.82, 2.24) is 20.5 Å². The van der Waals surface area contributed by atoms with Gasteiger partial charge in [0.2, 0.25) is 0 Å². The number of oxime groups is 1. The first kappa shape index (κ1) is 30.8. The second-order valence-electron chi connectivity index (χ2n) is 11.7. The lowest BCUT2D eigenvalue weighted by molar-refractivity contribution is 0.0720. The van der Waals surface area contributed by atoms with Crippen LogP contribution in [0.1, 0.15) is 76.1 Å². The first-order valence-electron chi connectivity index (χ1n) is 15.1. The minimum atomic E-state index is -0.854. The summed E-state index contributed by atoms with van der Waals surface area (Å²) in [4.78, 5) is 39.1. The number of aromatic nitrogens is 1. The van der Waals surface area contributed by atoms with Crippen molar-refractivity contribution in [2.45, 2.75) is 70.7 Å². The monoisotopic (exact) mass is 603 g/mol. The Kier molecular flexibility index (Phi) is 10.2. The molecule has 1 aromatic heterocycles. The minimum Gasteiger partial charge on any atom is -0.391 e. The largest absolute Gasteiger partial charge is 0.391 e. The van der Waals surface area contributed by atoms with Crippen molar-refractivity contribution >= 4 is 28.9 Å². The molecule has 0 bridgehead atoms. The molecule has 2 amide bonds. The molecule has 1 fully saturated rings. The molecule has 1 saturated heterocycles. The zero-order valence-corrected chi connectivity index (χ0v) is 25.8. The number of nitrogens with zero attached hydrogens (tertiary/aromatic N) is 3. The number of aliphatic hydroxyl groups excluding tert-OH is 1. The molecular weight excluding hydrogens is 562 g/mol. The van der Waals surface area contributed by atoms with Gasteiger partial charge in [-0.25, -0.2) is 4.98 Å². The Morgan fingerprint density at radius 2 is 1.93 bits per heavy atom. The number of likely N-dealkylation sites (tertiary alicyclic amines) is 1. The van der Waals surface area contributed by atoms with Gasteiger partial charge >= 0.3 is 0 Å². The molecule has 2 aliphatic rings. The van der Waals surface area contributed by atoms with Crippen LogP contribution in [-0.2, 0) is 11.3 Å². The zero-order chi connectivity index (χ0) is 30.3. The number of benzene rings is 2. The summed E-state index contributed by atoms with van der Waals surface area (Å²) in [5.41, 5.74) is 3.85. The van der Waals surface area contributed by atoms with Gasteiger partial charge in [0, 0.05) is 48.3 Å². The molecule has 2 aliphatic heterocycles. The van der Waals surface area contributed by atoms with Crippen molar-refractivity contribution in [2.75, 3.05) is 19.6 Å². The van der Waals surface area contributed by atoms with E-state index in [1.807, 2.05) is 47.5 Å². The smallest absolute Gasteiger partial charge is 0.254 e. The maximum absolute atomic E-state index is 13.6. The summed E-state index contributed by atoms with van der Waals surface area (Å²) in [5, 5.41) is 24.7. The third kappa shape index (κ3) is 7.87. The molecular formula is C33H41N5O4S. The summed E-state index contributed by atoms with van der Waals surface area (Å²) in [6.45, 7) is 7.63. The predicted molar refractivity (Wildman–Crippen MR) is 168 cm³/mol.